The molecule has 0 saturated carbocycles. The topological polar surface area (TPSA) is 119 Å². The molecular weight excluding hydrogens is 503 g/mol. The lowest BCUT2D eigenvalue weighted by atomic mass is 10.1. The SMILES string of the molecule is C=CCc1cc(/C=N\NC(=O)CSc2nnc(COc3ccc(Cl)cc3Cl)o2)cc(OC)c1O. The summed E-state index contributed by atoms with van der Waals surface area (Å²) < 4.78 is 16.1. The van der Waals surface area contributed by atoms with E-state index < -0.39 is 0 Å². The smallest absolute Gasteiger partial charge is 0.277 e. The number of rotatable bonds is 11. The molecule has 12 heteroatoms. The van der Waals surface area contributed by atoms with E-state index in [1.807, 2.05) is 0 Å². The molecule has 178 valence electrons. The van der Waals surface area contributed by atoms with Crippen molar-refractivity contribution in [2.75, 3.05) is 12.9 Å². The number of hydrogen-bond donors (Lipinski definition) is 2. The molecule has 3 aromatic rings. The third-order valence-corrected chi connectivity index (χ3v) is 5.53. The second-order valence-corrected chi connectivity index (χ2v) is 8.40. The number of nitrogens with zero attached hydrogens (tertiary/aromatic N) is 3. The highest BCUT2D eigenvalue weighted by Crippen LogP contribution is 2.31. The minimum Gasteiger partial charge on any atom is -0.504 e. The van der Waals surface area contributed by atoms with Crippen LogP contribution in [0.15, 0.2) is 57.7 Å². The molecule has 0 fully saturated rings. The largest absolute Gasteiger partial charge is 0.504 e. The lowest BCUT2D eigenvalue weighted by molar-refractivity contribution is -0.118. The van der Waals surface area contributed by atoms with Crippen molar-refractivity contribution in [1.29, 1.82) is 0 Å². The van der Waals surface area contributed by atoms with Crippen molar-refractivity contribution in [3.05, 3.63) is 70.0 Å². The van der Waals surface area contributed by atoms with Crippen LogP contribution in [-0.4, -0.2) is 40.3 Å². The highest BCUT2D eigenvalue weighted by Gasteiger charge is 2.12. The Kier molecular flexibility index (Phi) is 9.20. The molecule has 3 rings (SSSR count). The molecule has 2 aromatic carbocycles. The lowest BCUT2D eigenvalue weighted by Crippen LogP contribution is -2.19. The molecule has 1 aromatic heterocycles. The average molecular weight is 523 g/mol. The molecular formula is C22H20Cl2N4O5S. The number of ether oxygens (including phenoxy) is 2. The number of methoxy groups -OCH3 is 1. The molecule has 0 radical (unpaired) electrons. The summed E-state index contributed by atoms with van der Waals surface area (Å²) in [6, 6.07) is 8.18. The molecule has 0 aliphatic carbocycles. The molecule has 0 aliphatic heterocycles. The van der Waals surface area contributed by atoms with E-state index in [4.69, 9.17) is 37.1 Å². The molecule has 1 amide bonds. The van der Waals surface area contributed by atoms with Crippen LogP contribution in [0.3, 0.4) is 0 Å². The maximum absolute atomic E-state index is 12.1. The predicted octanol–water partition coefficient (Wildman–Crippen LogP) is 4.64. The van der Waals surface area contributed by atoms with E-state index in [1.165, 1.54) is 13.3 Å². The second-order valence-electron chi connectivity index (χ2n) is 6.63. The van der Waals surface area contributed by atoms with Gasteiger partial charge in [0.05, 0.1) is 24.1 Å². The first kappa shape index (κ1) is 25.4. The van der Waals surface area contributed by atoms with E-state index in [2.05, 4.69) is 27.3 Å². The fraction of sp³-hybridized carbons (Fsp3) is 0.182. The van der Waals surface area contributed by atoms with Gasteiger partial charge in [-0.1, -0.05) is 41.0 Å². The van der Waals surface area contributed by atoms with Crippen LogP contribution < -0.4 is 14.9 Å². The molecule has 0 spiro atoms. The van der Waals surface area contributed by atoms with Gasteiger partial charge in [-0.05, 0) is 42.3 Å². The molecule has 9 nitrogen and oxygen atoms in total. The molecule has 0 bridgehead atoms. The Morgan fingerprint density at radius 1 is 1.29 bits per heavy atom. The Balaban J connectivity index is 1.48. The molecule has 2 N–H and O–H groups in total. The summed E-state index contributed by atoms with van der Waals surface area (Å²) in [5.41, 5.74) is 3.69. The van der Waals surface area contributed by atoms with Crippen molar-refractivity contribution in [2.24, 2.45) is 5.10 Å². The standard InChI is InChI=1S/C22H20Cl2N4O5S/c1-3-4-14-7-13(8-18(31-2)21(14)30)10-25-26-19(29)12-34-22-28-27-20(33-22)11-32-17-6-5-15(23)9-16(17)24/h3,5-10,30H,1,4,11-12H2,2H3,(H,26,29)/b25-10-. The van der Waals surface area contributed by atoms with Gasteiger partial charge in [-0.3, -0.25) is 4.79 Å². The minimum atomic E-state index is -0.373. The van der Waals surface area contributed by atoms with Crippen molar-refractivity contribution in [2.45, 2.75) is 18.3 Å². The highest BCUT2D eigenvalue weighted by molar-refractivity contribution is 7.99. The molecule has 34 heavy (non-hydrogen) atoms. The number of nitrogens with one attached hydrogen (secondary N) is 1. The number of allylic oxidation sites excluding steroid dienone is 1. The van der Waals surface area contributed by atoms with Gasteiger partial charge in [0.15, 0.2) is 18.1 Å². The van der Waals surface area contributed by atoms with Crippen molar-refractivity contribution in [3.63, 3.8) is 0 Å². The summed E-state index contributed by atoms with van der Waals surface area (Å²) in [5.74, 6) is 0.630. The molecule has 0 unspecified atom stereocenters. The van der Waals surface area contributed by atoms with Gasteiger partial charge in [-0.25, -0.2) is 5.43 Å². The number of aromatic nitrogens is 2. The monoisotopic (exact) mass is 522 g/mol. The van der Waals surface area contributed by atoms with Crippen LogP contribution in [0.4, 0.5) is 0 Å². The number of aromatic hydroxyl groups is 1. The fourth-order valence-electron chi connectivity index (χ4n) is 2.66. The first-order chi connectivity index (χ1) is 16.4. The van der Waals surface area contributed by atoms with E-state index >= 15 is 0 Å². The Hall–Kier alpha value is -3.21. The molecule has 0 aliphatic rings. The number of halogens is 2. The summed E-state index contributed by atoms with van der Waals surface area (Å²) in [5, 5.41) is 22.9. The Morgan fingerprint density at radius 2 is 2.12 bits per heavy atom. The van der Waals surface area contributed by atoms with Crippen LogP contribution in [0.1, 0.15) is 17.0 Å². The predicted molar refractivity (Wildman–Crippen MR) is 130 cm³/mol. The minimum absolute atomic E-state index is 0.00343. The van der Waals surface area contributed by atoms with Crippen LogP contribution >= 0.6 is 35.0 Å². The molecule has 1 heterocycles. The first-order valence-electron chi connectivity index (χ1n) is 9.75. The van der Waals surface area contributed by atoms with Gasteiger partial charge in [0.2, 0.25) is 0 Å². The van der Waals surface area contributed by atoms with Gasteiger partial charge in [-0.2, -0.15) is 5.10 Å². The summed E-state index contributed by atoms with van der Waals surface area (Å²) in [6.07, 6.45) is 3.56. The number of phenols is 1. The Labute approximate surface area is 209 Å². The summed E-state index contributed by atoms with van der Waals surface area (Å²) in [4.78, 5) is 12.1. The average Bonchev–Trinajstić information content (AvgIpc) is 3.27. The van der Waals surface area contributed by atoms with E-state index in [1.54, 1.807) is 36.4 Å². The van der Waals surface area contributed by atoms with Crippen molar-refractivity contribution in [3.8, 4) is 17.2 Å². The maximum atomic E-state index is 12.1. The zero-order valence-electron chi connectivity index (χ0n) is 18.0. The van der Waals surface area contributed by atoms with E-state index in [-0.39, 0.29) is 35.1 Å². The third-order valence-electron chi connectivity index (χ3n) is 4.18. The van der Waals surface area contributed by atoms with Crippen LogP contribution in [-0.2, 0) is 17.8 Å². The maximum Gasteiger partial charge on any atom is 0.277 e. The number of benzene rings is 2. The van der Waals surface area contributed by atoms with Crippen molar-refractivity contribution >= 4 is 47.1 Å². The van der Waals surface area contributed by atoms with Gasteiger partial charge in [0, 0.05) is 10.6 Å². The van der Waals surface area contributed by atoms with Crippen molar-refractivity contribution < 1.29 is 23.8 Å². The van der Waals surface area contributed by atoms with Crippen LogP contribution in [0.5, 0.6) is 17.2 Å². The zero-order valence-corrected chi connectivity index (χ0v) is 20.3. The van der Waals surface area contributed by atoms with Crippen LogP contribution in [0.2, 0.25) is 10.0 Å². The molecule has 0 atom stereocenters. The number of hydrogen-bond acceptors (Lipinski definition) is 9. The van der Waals surface area contributed by atoms with Crippen LogP contribution in [0, 0.1) is 0 Å². The summed E-state index contributed by atoms with van der Waals surface area (Å²) in [7, 11) is 1.45. The Morgan fingerprint density at radius 3 is 2.85 bits per heavy atom. The van der Waals surface area contributed by atoms with Gasteiger partial charge >= 0.3 is 0 Å². The molecule has 0 saturated heterocycles. The normalized spacial score (nSPS) is 10.9. The summed E-state index contributed by atoms with van der Waals surface area (Å²) >= 11 is 13.0. The highest BCUT2D eigenvalue weighted by atomic mass is 35.5. The fourth-order valence-corrected chi connectivity index (χ4v) is 3.69. The van der Waals surface area contributed by atoms with E-state index in [0.717, 1.165) is 11.8 Å². The van der Waals surface area contributed by atoms with Gasteiger partial charge in [0.1, 0.15) is 5.75 Å². The first-order valence-corrected chi connectivity index (χ1v) is 11.5. The van der Waals surface area contributed by atoms with E-state index in [9.17, 15) is 9.90 Å². The second kappa shape index (κ2) is 12.3. The number of amides is 1. The zero-order chi connectivity index (χ0) is 24.5. The number of carbonyl (C=O) groups excluding carboxylic acids is 1. The van der Waals surface area contributed by atoms with Gasteiger partial charge in [-0.15, -0.1) is 16.8 Å². The lowest BCUT2D eigenvalue weighted by Gasteiger charge is -2.09. The summed E-state index contributed by atoms with van der Waals surface area (Å²) in [6.45, 7) is 3.68. The number of thioether (sulfide) groups is 1. The van der Waals surface area contributed by atoms with Gasteiger partial charge < -0.3 is 19.0 Å². The third kappa shape index (κ3) is 7.14. The quantitative estimate of drug-likeness (QED) is 0.162. The number of carbonyl (C=O) groups is 1. The number of phenolic OH excluding ortho intramolecular Hbond substituents is 1. The van der Waals surface area contributed by atoms with Crippen molar-refractivity contribution in [1.82, 2.24) is 15.6 Å². The van der Waals surface area contributed by atoms with E-state index in [0.29, 0.717) is 39.1 Å². The Bertz CT molecular complexity index is 1200. The van der Waals surface area contributed by atoms with Gasteiger partial charge in [0.25, 0.3) is 17.0 Å². The number of hydrazone groups is 1. The van der Waals surface area contributed by atoms with Crippen LogP contribution in [0.25, 0.3) is 0 Å².